The van der Waals surface area contributed by atoms with E-state index in [1.54, 1.807) is 0 Å². The van der Waals surface area contributed by atoms with Crippen molar-refractivity contribution in [3.05, 3.63) is 211 Å². The Hall–Kier alpha value is -10.3. The molecule has 0 saturated heterocycles. The quantitative estimate of drug-likeness (QED) is 0.169. The number of nitrogens with zero attached hydrogens (tertiary/aromatic N) is 8. The summed E-state index contributed by atoms with van der Waals surface area (Å²) < 4.78 is 13.1. The van der Waals surface area contributed by atoms with E-state index >= 15 is 0 Å². The molecule has 0 aliphatic heterocycles. The molecule has 0 unspecified atom stereocenters. The molecule has 70 heavy (non-hydrogen) atoms. The molecule has 0 N–H and O–H groups in total. The van der Waals surface area contributed by atoms with Crippen LogP contribution in [0.1, 0.15) is 16.7 Å². The fourth-order valence-electron chi connectivity index (χ4n) is 10.9. The van der Waals surface area contributed by atoms with Crippen LogP contribution in [0.5, 0.6) is 0 Å². The third kappa shape index (κ3) is 5.33. The summed E-state index contributed by atoms with van der Waals surface area (Å²) in [6.45, 7) is 0. The van der Waals surface area contributed by atoms with E-state index in [-0.39, 0.29) is 0 Å². The lowest BCUT2D eigenvalue weighted by atomic mass is 10.0. The van der Waals surface area contributed by atoms with Gasteiger partial charge in [-0.3, -0.25) is 0 Å². The Balaban J connectivity index is 1.18. The van der Waals surface area contributed by atoms with Gasteiger partial charge in [0.1, 0.15) is 23.8 Å². The van der Waals surface area contributed by atoms with E-state index in [1.165, 1.54) is 0 Å². The number of furan rings is 1. The van der Waals surface area contributed by atoms with Gasteiger partial charge in [-0.2, -0.15) is 20.8 Å². The molecular formula is C61H32N8O. The maximum Gasteiger partial charge on any atom is 0.231 e. The summed E-state index contributed by atoms with van der Waals surface area (Å²) in [7, 11) is 0. The van der Waals surface area contributed by atoms with Crippen molar-refractivity contribution in [2.75, 3.05) is 0 Å². The van der Waals surface area contributed by atoms with Crippen molar-refractivity contribution in [1.82, 2.24) is 23.7 Å². The summed E-state index contributed by atoms with van der Waals surface area (Å²) in [6.07, 6.45) is 0. The maximum atomic E-state index is 11.4. The Morgan fingerprint density at radius 3 is 1.34 bits per heavy atom. The van der Waals surface area contributed by atoms with Crippen molar-refractivity contribution < 1.29 is 4.42 Å². The van der Waals surface area contributed by atoms with Gasteiger partial charge >= 0.3 is 0 Å². The van der Waals surface area contributed by atoms with E-state index in [1.807, 2.05) is 140 Å². The van der Waals surface area contributed by atoms with Crippen LogP contribution in [0.3, 0.4) is 0 Å². The molecule has 322 valence electrons. The number of aromatic nitrogens is 5. The second-order valence-electron chi connectivity index (χ2n) is 17.4. The van der Waals surface area contributed by atoms with Gasteiger partial charge in [-0.1, -0.05) is 133 Å². The van der Waals surface area contributed by atoms with Crippen molar-refractivity contribution in [2.24, 2.45) is 0 Å². The molecule has 0 amide bonds. The second-order valence-corrected chi connectivity index (χ2v) is 17.4. The van der Waals surface area contributed by atoms with Crippen LogP contribution in [0.15, 0.2) is 199 Å². The zero-order chi connectivity index (χ0) is 46.6. The largest absolute Gasteiger partial charge is 0.438 e. The highest BCUT2D eigenvalue weighted by molar-refractivity contribution is 6.40. The Morgan fingerprint density at radius 2 is 0.814 bits per heavy atom. The molecule has 14 aromatic rings. The highest BCUT2D eigenvalue weighted by Crippen LogP contribution is 2.51. The molecule has 9 aromatic carbocycles. The van der Waals surface area contributed by atoms with Crippen LogP contribution in [0.2, 0.25) is 0 Å². The number of hydrogen-bond donors (Lipinski definition) is 0. The lowest BCUT2D eigenvalue weighted by Crippen LogP contribution is -2.01. The normalized spacial score (nSPS) is 11.7. The topological polar surface area (TPSA) is 125 Å². The van der Waals surface area contributed by atoms with Crippen LogP contribution >= 0.6 is 0 Å². The average Bonchev–Trinajstić information content (AvgIpc) is 4.17. The molecule has 0 bridgehead atoms. The minimum atomic E-state index is 0.433. The lowest BCUT2D eigenvalue weighted by molar-refractivity contribution is 0.653. The van der Waals surface area contributed by atoms with Crippen molar-refractivity contribution in [3.8, 4) is 57.9 Å². The predicted octanol–water partition coefficient (Wildman–Crippen LogP) is 14.6. The Bertz CT molecular complexity index is 4610. The molecule has 5 heterocycles. The van der Waals surface area contributed by atoms with E-state index in [2.05, 4.69) is 86.5 Å². The van der Waals surface area contributed by atoms with Gasteiger partial charge in [-0.05, 0) is 60.7 Å². The predicted molar refractivity (Wildman–Crippen MR) is 277 cm³/mol. The molecule has 0 atom stereocenters. The minimum absolute atomic E-state index is 0.433. The number of hydrogen-bond acceptors (Lipinski definition) is 6. The lowest BCUT2D eigenvalue weighted by Gasteiger charge is -2.15. The average molecular weight is 893 g/mol. The number of fused-ring (bicyclic) bond motifs is 15. The van der Waals surface area contributed by atoms with Crippen LogP contribution < -0.4 is 0 Å². The van der Waals surface area contributed by atoms with Gasteiger partial charge in [0, 0.05) is 48.8 Å². The second kappa shape index (κ2) is 14.9. The van der Waals surface area contributed by atoms with Crippen molar-refractivity contribution in [1.29, 1.82) is 15.8 Å². The highest BCUT2D eigenvalue weighted by Gasteiger charge is 2.30. The summed E-state index contributed by atoms with van der Waals surface area (Å²) in [5, 5.41) is 40.3. The van der Waals surface area contributed by atoms with Crippen molar-refractivity contribution in [3.63, 3.8) is 0 Å². The third-order valence-corrected chi connectivity index (χ3v) is 13.8. The van der Waals surface area contributed by atoms with Crippen molar-refractivity contribution >= 4 is 87.5 Å². The van der Waals surface area contributed by atoms with Crippen LogP contribution in [0, 0.1) is 34.0 Å². The maximum absolute atomic E-state index is 11.4. The standard InChI is InChI=1S/C61H32N8O/c62-33-38-18-4-10-24-45(38)67-48-26-12-6-20-41(48)53-57-54(42-21-7-13-27-49(42)68(57)46-25-11-5-19-39(46)34-63)59-55(58(53)67)43-22-8-14-28-50(43)69(59)47-31-30-37(32-40(47)35-64)56-52-44-23-9-15-29-51(44)70-61(52)66-60(65-56)36-16-2-1-3-17-36/h1-32H. The van der Waals surface area contributed by atoms with E-state index in [0.29, 0.717) is 45.2 Å². The molecule has 0 saturated carbocycles. The molecule has 0 fully saturated rings. The first-order valence-electron chi connectivity index (χ1n) is 22.8. The number of rotatable bonds is 5. The van der Waals surface area contributed by atoms with Gasteiger partial charge in [-0.15, -0.1) is 0 Å². The van der Waals surface area contributed by atoms with Gasteiger partial charge in [-0.25, -0.2) is 4.98 Å². The molecule has 14 rings (SSSR count). The molecular weight excluding hydrogens is 861 g/mol. The van der Waals surface area contributed by atoms with E-state index in [0.717, 1.165) is 98.7 Å². The van der Waals surface area contributed by atoms with Gasteiger partial charge in [0.2, 0.25) is 5.71 Å². The summed E-state index contributed by atoms with van der Waals surface area (Å²) >= 11 is 0. The molecule has 5 aromatic heterocycles. The van der Waals surface area contributed by atoms with E-state index in [9.17, 15) is 15.8 Å². The number of nitriles is 3. The van der Waals surface area contributed by atoms with Crippen LogP contribution in [-0.2, 0) is 0 Å². The molecule has 0 spiro atoms. The Labute approximate surface area is 398 Å². The molecule has 0 aliphatic carbocycles. The zero-order valence-electron chi connectivity index (χ0n) is 37.0. The van der Waals surface area contributed by atoms with Gasteiger partial charge in [0.05, 0.1) is 77.9 Å². The van der Waals surface area contributed by atoms with Crippen LogP contribution in [-0.4, -0.2) is 23.7 Å². The summed E-state index contributed by atoms with van der Waals surface area (Å²) in [6, 6.07) is 71.8. The smallest absolute Gasteiger partial charge is 0.231 e. The summed E-state index contributed by atoms with van der Waals surface area (Å²) in [5.74, 6) is 0.515. The minimum Gasteiger partial charge on any atom is -0.438 e. The first kappa shape index (κ1) is 38.9. The number of benzene rings is 9. The molecule has 9 heteroatoms. The first-order chi connectivity index (χ1) is 34.6. The highest BCUT2D eigenvalue weighted by atomic mass is 16.3. The van der Waals surface area contributed by atoms with E-state index in [4.69, 9.17) is 14.4 Å². The third-order valence-electron chi connectivity index (χ3n) is 13.8. The summed E-state index contributed by atoms with van der Waals surface area (Å²) in [5.41, 5.74) is 12.5. The molecule has 0 radical (unpaired) electrons. The van der Waals surface area contributed by atoms with Gasteiger partial charge < -0.3 is 18.1 Å². The first-order valence-corrected chi connectivity index (χ1v) is 22.8. The Morgan fingerprint density at radius 1 is 0.371 bits per heavy atom. The molecule has 0 aliphatic rings. The SMILES string of the molecule is N#Cc1ccccc1-n1c2ccccc2c2c1c1c3ccccc3n(-c3ccc(-c4nc(-c5ccccc5)nc5oc6ccccc6c45)cc3C#N)c1c1c3ccccc3n(-c3ccccc3C#N)c21. The Kier molecular flexibility index (Phi) is 8.27. The van der Waals surface area contributed by atoms with Crippen LogP contribution in [0.25, 0.3) is 127 Å². The summed E-state index contributed by atoms with van der Waals surface area (Å²) in [4.78, 5) is 10.1. The fourth-order valence-corrected chi connectivity index (χ4v) is 10.9. The van der Waals surface area contributed by atoms with Gasteiger partial charge in [0.25, 0.3) is 0 Å². The monoisotopic (exact) mass is 892 g/mol. The van der Waals surface area contributed by atoms with Gasteiger partial charge in [0.15, 0.2) is 5.82 Å². The van der Waals surface area contributed by atoms with Crippen LogP contribution in [0.4, 0.5) is 0 Å². The van der Waals surface area contributed by atoms with Crippen molar-refractivity contribution in [2.45, 2.75) is 0 Å². The zero-order valence-corrected chi connectivity index (χ0v) is 37.0. The molecule has 9 nitrogen and oxygen atoms in total. The number of para-hydroxylation sites is 6. The fraction of sp³-hybridized carbons (Fsp3) is 0. The van der Waals surface area contributed by atoms with E-state index < -0.39 is 0 Å².